The van der Waals surface area contributed by atoms with Crippen molar-refractivity contribution in [2.45, 2.75) is 13.0 Å². The molecule has 0 fully saturated rings. The Bertz CT molecular complexity index is 289. The Morgan fingerprint density at radius 3 is 2.31 bits per heavy atom. The maximum atomic E-state index is 5.80. The van der Waals surface area contributed by atoms with Crippen LogP contribution in [0.4, 0.5) is 0 Å². The number of hydrogen-bond acceptors (Lipinski definition) is 1. The normalized spacial score (nSPS) is 12.5. The molecule has 1 aromatic carbocycles. The molecule has 1 aromatic rings. The monoisotopic (exact) mass is 195 g/mol. The van der Waals surface area contributed by atoms with E-state index in [0.717, 1.165) is 10.6 Å². The highest BCUT2D eigenvalue weighted by Crippen LogP contribution is 2.21. The minimum atomic E-state index is 0.220. The Balaban J connectivity index is 2.92. The Morgan fingerprint density at radius 2 is 1.92 bits per heavy atom. The van der Waals surface area contributed by atoms with E-state index in [9.17, 15) is 0 Å². The van der Waals surface area contributed by atoms with Crippen molar-refractivity contribution in [1.29, 1.82) is 0 Å². The largest absolute Gasteiger partial charge is 0.310 e. The first kappa shape index (κ1) is 10.3. The molecule has 0 bridgehead atoms. The fraction of sp³-hybridized carbons (Fsp3) is 0.273. The molecule has 2 heteroatoms. The minimum Gasteiger partial charge on any atom is -0.310 e. The molecule has 1 nitrogen and oxygen atoms in total. The smallest absolute Gasteiger partial charge is 0.0528 e. The van der Waals surface area contributed by atoms with Crippen LogP contribution >= 0.6 is 11.6 Å². The number of rotatable bonds is 3. The molecule has 0 aliphatic heterocycles. The van der Waals surface area contributed by atoms with Crippen molar-refractivity contribution >= 4 is 11.6 Å². The first-order valence-electron chi connectivity index (χ1n) is 4.23. The van der Waals surface area contributed by atoms with Gasteiger partial charge in [-0.05, 0) is 31.7 Å². The van der Waals surface area contributed by atoms with Crippen molar-refractivity contribution < 1.29 is 0 Å². The van der Waals surface area contributed by atoms with E-state index < -0.39 is 0 Å². The SMILES string of the molecule is C=C(C)[C@H](NC)c1ccc(Cl)cc1. The number of halogens is 1. The molecule has 1 atom stereocenters. The molecule has 0 amide bonds. The van der Waals surface area contributed by atoms with Gasteiger partial charge in [0.05, 0.1) is 6.04 Å². The zero-order valence-corrected chi connectivity index (χ0v) is 8.73. The van der Waals surface area contributed by atoms with E-state index in [-0.39, 0.29) is 6.04 Å². The van der Waals surface area contributed by atoms with Gasteiger partial charge in [0.1, 0.15) is 0 Å². The average Bonchev–Trinajstić information content (AvgIpc) is 2.09. The molecule has 0 unspecified atom stereocenters. The Morgan fingerprint density at radius 1 is 1.38 bits per heavy atom. The van der Waals surface area contributed by atoms with Crippen LogP contribution in [0, 0.1) is 0 Å². The van der Waals surface area contributed by atoms with Crippen molar-refractivity contribution in [3.05, 3.63) is 47.0 Å². The number of nitrogens with one attached hydrogen (secondary N) is 1. The van der Waals surface area contributed by atoms with Crippen LogP contribution in [0.15, 0.2) is 36.4 Å². The highest BCUT2D eigenvalue weighted by atomic mass is 35.5. The molecule has 1 N–H and O–H groups in total. The first-order chi connectivity index (χ1) is 6.15. The fourth-order valence-electron chi connectivity index (χ4n) is 1.35. The lowest BCUT2D eigenvalue weighted by molar-refractivity contribution is 0.680. The van der Waals surface area contributed by atoms with Crippen LogP contribution in [0.2, 0.25) is 5.02 Å². The van der Waals surface area contributed by atoms with Crippen molar-refractivity contribution in [2.75, 3.05) is 7.05 Å². The predicted octanol–water partition coefficient (Wildman–Crippen LogP) is 3.18. The van der Waals surface area contributed by atoms with Gasteiger partial charge in [-0.15, -0.1) is 0 Å². The summed E-state index contributed by atoms with van der Waals surface area (Å²) in [6.07, 6.45) is 0. The van der Waals surface area contributed by atoms with Gasteiger partial charge in [0.2, 0.25) is 0 Å². The van der Waals surface area contributed by atoms with E-state index in [0.29, 0.717) is 0 Å². The summed E-state index contributed by atoms with van der Waals surface area (Å²) in [6, 6.07) is 8.03. The summed E-state index contributed by atoms with van der Waals surface area (Å²) in [5.74, 6) is 0. The second-order valence-electron chi connectivity index (χ2n) is 3.12. The van der Waals surface area contributed by atoms with Crippen LogP contribution in [0.1, 0.15) is 18.5 Å². The molecule has 0 heterocycles. The van der Waals surface area contributed by atoms with Crippen LogP contribution < -0.4 is 5.32 Å². The molecule has 1 rings (SSSR count). The third-order valence-electron chi connectivity index (χ3n) is 1.98. The van der Waals surface area contributed by atoms with E-state index in [1.807, 2.05) is 38.2 Å². The topological polar surface area (TPSA) is 12.0 Å². The summed E-state index contributed by atoms with van der Waals surface area (Å²) in [6.45, 7) is 5.94. The number of hydrogen-bond donors (Lipinski definition) is 1. The molecule has 0 spiro atoms. The third-order valence-corrected chi connectivity index (χ3v) is 2.24. The van der Waals surface area contributed by atoms with E-state index in [1.165, 1.54) is 5.56 Å². The number of likely N-dealkylation sites (N-methyl/N-ethyl adjacent to an activating group) is 1. The molecule has 0 aliphatic carbocycles. The van der Waals surface area contributed by atoms with Crippen molar-refractivity contribution in [1.82, 2.24) is 5.32 Å². The van der Waals surface area contributed by atoms with E-state index in [2.05, 4.69) is 11.9 Å². The molecule has 0 saturated carbocycles. The van der Waals surface area contributed by atoms with Crippen LogP contribution in [-0.2, 0) is 0 Å². The molecular formula is C11H14ClN. The van der Waals surface area contributed by atoms with Crippen molar-refractivity contribution in [2.24, 2.45) is 0 Å². The van der Waals surface area contributed by atoms with Crippen molar-refractivity contribution in [3.8, 4) is 0 Å². The van der Waals surface area contributed by atoms with Gasteiger partial charge in [-0.25, -0.2) is 0 Å². The number of benzene rings is 1. The Hall–Kier alpha value is -0.790. The van der Waals surface area contributed by atoms with Gasteiger partial charge < -0.3 is 5.32 Å². The molecular weight excluding hydrogens is 182 g/mol. The summed E-state index contributed by atoms with van der Waals surface area (Å²) in [5.41, 5.74) is 2.30. The molecule has 0 aliphatic rings. The first-order valence-corrected chi connectivity index (χ1v) is 4.61. The molecule has 13 heavy (non-hydrogen) atoms. The van der Waals surface area contributed by atoms with E-state index >= 15 is 0 Å². The fourth-order valence-corrected chi connectivity index (χ4v) is 1.48. The van der Waals surface area contributed by atoms with Gasteiger partial charge in [-0.2, -0.15) is 0 Å². The van der Waals surface area contributed by atoms with Gasteiger partial charge in [-0.3, -0.25) is 0 Å². The van der Waals surface area contributed by atoms with Gasteiger partial charge >= 0.3 is 0 Å². The average molecular weight is 196 g/mol. The Labute approximate surface area is 84.4 Å². The zero-order chi connectivity index (χ0) is 9.84. The maximum absolute atomic E-state index is 5.80. The van der Waals surface area contributed by atoms with E-state index in [4.69, 9.17) is 11.6 Å². The Kier molecular flexibility index (Phi) is 3.52. The van der Waals surface area contributed by atoms with Gasteiger partial charge in [0, 0.05) is 5.02 Å². The van der Waals surface area contributed by atoms with Crippen LogP contribution in [-0.4, -0.2) is 7.05 Å². The molecule has 0 saturated heterocycles. The zero-order valence-electron chi connectivity index (χ0n) is 7.97. The second kappa shape index (κ2) is 4.45. The highest BCUT2D eigenvalue weighted by molar-refractivity contribution is 6.30. The second-order valence-corrected chi connectivity index (χ2v) is 3.56. The summed E-state index contributed by atoms with van der Waals surface area (Å²) in [7, 11) is 1.92. The van der Waals surface area contributed by atoms with Crippen LogP contribution in [0.5, 0.6) is 0 Å². The molecule has 70 valence electrons. The summed E-state index contributed by atoms with van der Waals surface area (Å²) in [5, 5.41) is 3.96. The van der Waals surface area contributed by atoms with Crippen LogP contribution in [0.3, 0.4) is 0 Å². The molecule has 0 radical (unpaired) electrons. The summed E-state index contributed by atoms with van der Waals surface area (Å²) < 4.78 is 0. The lowest BCUT2D eigenvalue weighted by Gasteiger charge is -2.16. The van der Waals surface area contributed by atoms with Crippen molar-refractivity contribution in [3.63, 3.8) is 0 Å². The minimum absolute atomic E-state index is 0.220. The quantitative estimate of drug-likeness (QED) is 0.731. The standard InChI is InChI=1S/C11H14ClN/c1-8(2)11(13-3)9-4-6-10(12)7-5-9/h4-7,11,13H,1H2,2-3H3/t11-/m0/s1. The predicted molar refractivity (Wildman–Crippen MR) is 58.1 cm³/mol. The highest BCUT2D eigenvalue weighted by Gasteiger charge is 2.08. The lowest BCUT2D eigenvalue weighted by atomic mass is 10.0. The maximum Gasteiger partial charge on any atom is 0.0528 e. The van der Waals surface area contributed by atoms with Crippen LogP contribution in [0.25, 0.3) is 0 Å². The molecule has 0 aromatic heterocycles. The summed E-state index contributed by atoms with van der Waals surface area (Å²) >= 11 is 5.80. The summed E-state index contributed by atoms with van der Waals surface area (Å²) in [4.78, 5) is 0. The van der Waals surface area contributed by atoms with E-state index in [1.54, 1.807) is 0 Å². The van der Waals surface area contributed by atoms with Gasteiger partial charge in [0.25, 0.3) is 0 Å². The lowest BCUT2D eigenvalue weighted by Crippen LogP contribution is -2.16. The third kappa shape index (κ3) is 2.58. The van der Waals surface area contributed by atoms with Gasteiger partial charge in [-0.1, -0.05) is 35.9 Å². The van der Waals surface area contributed by atoms with Gasteiger partial charge in [0.15, 0.2) is 0 Å².